The lowest BCUT2D eigenvalue weighted by Crippen LogP contribution is -2.05. The normalized spacial score (nSPS) is 19.0. The minimum atomic E-state index is 0.175. The van der Waals surface area contributed by atoms with Crippen molar-refractivity contribution >= 4 is 28.6 Å². The van der Waals surface area contributed by atoms with Crippen molar-refractivity contribution in [3.8, 4) is 0 Å². The SMILES string of the molecule is CCCC(C)=NC1C=Cc2ccc3c4c(ccc1c24)C=CC3. The Balaban J connectivity index is 1.94. The first-order chi connectivity index (χ1) is 10.8. The highest BCUT2D eigenvalue weighted by molar-refractivity contribution is 6.03. The molecule has 0 bridgehead atoms. The van der Waals surface area contributed by atoms with Gasteiger partial charge >= 0.3 is 0 Å². The molecule has 1 atom stereocenters. The number of rotatable bonds is 3. The standard InChI is InChI=1S/C21H21N/c1-3-5-14(2)22-19-13-11-17-9-8-15-6-4-7-16-10-12-18(19)21(17)20(15)16/h4,7-13,19H,3,5-6H2,1-2H3. The van der Waals surface area contributed by atoms with Crippen LogP contribution in [0.2, 0.25) is 0 Å². The Morgan fingerprint density at radius 3 is 2.77 bits per heavy atom. The molecule has 0 amide bonds. The third-order valence-electron chi connectivity index (χ3n) is 4.73. The number of aliphatic imine (C=N–C) groups is 1. The highest BCUT2D eigenvalue weighted by Crippen LogP contribution is 2.40. The van der Waals surface area contributed by atoms with E-state index in [0.717, 1.165) is 19.3 Å². The van der Waals surface area contributed by atoms with Crippen molar-refractivity contribution in [3.63, 3.8) is 0 Å². The van der Waals surface area contributed by atoms with Gasteiger partial charge in [-0.1, -0.05) is 61.9 Å². The molecule has 1 unspecified atom stereocenters. The van der Waals surface area contributed by atoms with Gasteiger partial charge in [0, 0.05) is 5.71 Å². The summed E-state index contributed by atoms with van der Waals surface area (Å²) < 4.78 is 0. The summed E-state index contributed by atoms with van der Waals surface area (Å²) in [5.74, 6) is 0. The lowest BCUT2D eigenvalue weighted by molar-refractivity contribution is 0.892. The Morgan fingerprint density at radius 2 is 1.91 bits per heavy atom. The van der Waals surface area contributed by atoms with E-state index in [1.807, 2.05) is 0 Å². The summed E-state index contributed by atoms with van der Waals surface area (Å²) in [5, 5.41) is 2.86. The molecular weight excluding hydrogens is 266 g/mol. The van der Waals surface area contributed by atoms with E-state index in [4.69, 9.17) is 4.99 Å². The van der Waals surface area contributed by atoms with Crippen LogP contribution in [0.3, 0.4) is 0 Å². The lowest BCUT2D eigenvalue weighted by atomic mass is 9.83. The Morgan fingerprint density at radius 1 is 1.09 bits per heavy atom. The van der Waals surface area contributed by atoms with E-state index in [0.29, 0.717) is 0 Å². The summed E-state index contributed by atoms with van der Waals surface area (Å²) in [6.45, 7) is 4.36. The average molecular weight is 287 g/mol. The zero-order chi connectivity index (χ0) is 15.1. The van der Waals surface area contributed by atoms with E-state index in [1.165, 1.54) is 38.7 Å². The van der Waals surface area contributed by atoms with Gasteiger partial charge in [-0.25, -0.2) is 0 Å². The quantitative estimate of drug-likeness (QED) is 0.638. The van der Waals surface area contributed by atoms with Gasteiger partial charge in [0.05, 0.1) is 6.04 Å². The van der Waals surface area contributed by atoms with Gasteiger partial charge in [-0.15, -0.1) is 0 Å². The van der Waals surface area contributed by atoms with Gasteiger partial charge in [-0.2, -0.15) is 0 Å². The summed E-state index contributed by atoms with van der Waals surface area (Å²) in [4.78, 5) is 4.96. The van der Waals surface area contributed by atoms with Gasteiger partial charge in [0.2, 0.25) is 0 Å². The minimum absolute atomic E-state index is 0.175. The Bertz CT molecular complexity index is 837. The van der Waals surface area contributed by atoms with Crippen molar-refractivity contribution < 1.29 is 0 Å². The molecule has 2 aromatic rings. The van der Waals surface area contributed by atoms with Crippen LogP contribution in [0.25, 0.3) is 22.9 Å². The lowest BCUT2D eigenvalue weighted by Gasteiger charge is -2.23. The van der Waals surface area contributed by atoms with Crippen LogP contribution < -0.4 is 0 Å². The summed E-state index contributed by atoms with van der Waals surface area (Å²) in [6.07, 6.45) is 12.3. The maximum Gasteiger partial charge on any atom is 0.0939 e. The molecule has 4 rings (SSSR count). The molecule has 0 radical (unpaired) electrons. The molecule has 2 aromatic carbocycles. The van der Waals surface area contributed by atoms with Crippen LogP contribution in [0, 0.1) is 0 Å². The van der Waals surface area contributed by atoms with Crippen molar-refractivity contribution in [2.24, 2.45) is 4.99 Å². The van der Waals surface area contributed by atoms with Gasteiger partial charge in [-0.05, 0) is 52.8 Å². The molecule has 2 aliphatic carbocycles. The van der Waals surface area contributed by atoms with Gasteiger partial charge in [0.15, 0.2) is 0 Å². The van der Waals surface area contributed by atoms with Crippen LogP contribution in [-0.2, 0) is 6.42 Å². The van der Waals surface area contributed by atoms with Crippen LogP contribution in [-0.4, -0.2) is 5.71 Å². The zero-order valence-corrected chi connectivity index (χ0v) is 13.3. The maximum absolute atomic E-state index is 4.96. The Hall–Kier alpha value is -2.15. The Labute approximate surface area is 132 Å². The fourth-order valence-corrected chi connectivity index (χ4v) is 3.73. The summed E-state index contributed by atoms with van der Waals surface area (Å²) >= 11 is 0. The molecule has 22 heavy (non-hydrogen) atoms. The largest absolute Gasteiger partial charge is 0.282 e. The highest BCUT2D eigenvalue weighted by atomic mass is 14.8. The number of hydrogen-bond donors (Lipinski definition) is 0. The molecule has 2 aliphatic rings. The molecule has 0 aliphatic heterocycles. The number of benzene rings is 2. The third kappa shape index (κ3) is 2.04. The van der Waals surface area contributed by atoms with Gasteiger partial charge in [0.25, 0.3) is 0 Å². The molecule has 0 heterocycles. The second kappa shape index (κ2) is 5.24. The van der Waals surface area contributed by atoms with Crippen molar-refractivity contribution in [2.45, 2.75) is 39.2 Å². The van der Waals surface area contributed by atoms with E-state index in [2.05, 4.69) is 62.4 Å². The molecule has 0 saturated heterocycles. The van der Waals surface area contributed by atoms with Gasteiger partial charge in [-0.3, -0.25) is 4.99 Å². The van der Waals surface area contributed by atoms with Crippen molar-refractivity contribution in [1.82, 2.24) is 0 Å². The molecule has 0 spiro atoms. The van der Waals surface area contributed by atoms with Crippen LogP contribution in [0.15, 0.2) is 41.4 Å². The summed E-state index contributed by atoms with van der Waals surface area (Å²) in [7, 11) is 0. The first kappa shape index (κ1) is 13.5. The third-order valence-corrected chi connectivity index (χ3v) is 4.73. The number of nitrogens with zero attached hydrogens (tertiary/aromatic N) is 1. The van der Waals surface area contributed by atoms with E-state index >= 15 is 0 Å². The fourth-order valence-electron chi connectivity index (χ4n) is 3.73. The van der Waals surface area contributed by atoms with E-state index in [1.54, 1.807) is 0 Å². The van der Waals surface area contributed by atoms with E-state index in [9.17, 15) is 0 Å². The number of allylic oxidation sites excluding steroid dienone is 1. The predicted octanol–water partition coefficient (Wildman–Crippen LogP) is 5.74. The summed E-state index contributed by atoms with van der Waals surface area (Å²) in [6, 6.07) is 9.26. The minimum Gasteiger partial charge on any atom is -0.282 e. The molecule has 0 aromatic heterocycles. The maximum atomic E-state index is 4.96. The molecular formula is C21H21N. The fraction of sp³-hybridized carbons (Fsp3) is 0.286. The Kier molecular flexibility index (Phi) is 3.22. The van der Waals surface area contributed by atoms with Crippen LogP contribution in [0.5, 0.6) is 0 Å². The van der Waals surface area contributed by atoms with Gasteiger partial charge in [0.1, 0.15) is 0 Å². The molecule has 110 valence electrons. The molecule has 0 fully saturated rings. The second-order valence-corrected chi connectivity index (χ2v) is 6.33. The second-order valence-electron chi connectivity index (χ2n) is 6.33. The number of hydrogen-bond acceptors (Lipinski definition) is 1. The first-order valence-electron chi connectivity index (χ1n) is 8.24. The zero-order valence-electron chi connectivity index (χ0n) is 13.3. The van der Waals surface area contributed by atoms with Crippen LogP contribution in [0.1, 0.15) is 55.0 Å². The monoisotopic (exact) mass is 287 g/mol. The van der Waals surface area contributed by atoms with E-state index < -0.39 is 0 Å². The molecule has 1 heteroatoms. The van der Waals surface area contributed by atoms with Crippen molar-refractivity contribution in [1.29, 1.82) is 0 Å². The van der Waals surface area contributed by atoms with Crippen LogP contribution >= 0.6 is 0 Å². The molecule has 0 N–H and O–H groups in total. The van der Waals surface area contributed by atoms with Crippen molar-refractivity contribution in [2.75, 3.05) is 0 Å². The van der Waals surface area contributed by atoms with E-state index in [-0.39, 0.29) is 6.04 Å². The topological polar surface area (TPSA) is 12.4 Å². The van der Waals surface area contributed by atoms with Crippen molar-refractivity contribution in [3.05, 3.63) is 58.7 Å². The molecule has 1 nitrogen and oxygen atoms in total. The molecule has 0 saturated carbocycles. The first-order valence-corrected chi connectivity index (χ1v) is 8.24. The van der Waals surface area contributed by atoms with Crippen LogP contribution in [0.4, 0.5) is 0 Å². The average Bonchev–Trinajstić information content (AvgIpc) is 2.54. The summed E-state index contributed by atoms with van der Waals surface area (Å²) in [5.41, 5.74) is 6.75. The highest BCUT2D eigenvalue weighted by Gasteiger charge is 2.20. The smallest absolute Gasteiger partial charge is 0.0939 e. The van der Waals surface area contributed by atoms with Gasteiger partial charge < -0.3 is 0 Å². The predicted molar refractivity (Wildman–Crippen MR) is 96.5 cm³/mol.